The van der Waals surface area contributed by atoms with E-state index in [0.29, 0.717) is 0 Å². The zero-order valence-corrected chi connectivity index (χ0v) is 29.6. The van der Waals surface area contributed by atoms with Gasteiger partial charge < -0.3 is 0 Å². The smallest absolute Gasteiger partial charge is 0.234 e. The molecule has 248 valence electrons. The standard InChI is InChI=1S/C40H79N2/c1-4-7-10-13-16-19-20-21-22-23-24-25-28-31-34-37-42-39-38-41(36-33-30-27-18-15-12-9-6-3)40(42)35-32-29-26-17-14-11-8-5-2/h38-39H,4-37H2,1-3H3/q+1. The van der Waals surface area contributed by atoms with Crippen molar-refractivity contribution < 1.29 is 4.57 Å². The molecular weight excluding hydrogens is 508 g/mol. The molecule has 0 aliphatic carbocycles. The maximum atomic E-state index is 2.63. The number of hydrogen-bond acceptors (Lipinski definition) is 0. The van der Waals surface area contributed by atoms with Crippen molar-refractivity contribution in [3.63, 3.8) is 0 Å². The third-order valence-electron chi connectivity index (χ3n) is 9.60. The molecule has 0 N–H and O–H groups in total. The van der Waals surface area contributed by atoms with E-state index < -0.39 is 0 Å². The van der Waals surface area contributed by atoms with E-state index in [-0.39, 0.29) is 0 Å². The van der Waals surface area contributed by atoms with Crippen molar-refractivity contribution in [1.82, 2.24) is 4.57 Å². The van der Waals surface area contributed by atoms with E-state index in [0.717, 1.165) is 0 Å². The van der Waals surface area contributed by atoms with Gasteiger partial charge in [-0.1, -0.05) is 188 Å². The van der Waals surface area contributed by atoms with Crippen LogP contribution in [0, 0.1) is 0 Å². The molecule has 0 saturated heterocycles. The predicted molar refractivity (Wildman–Crippen MR) is 188 cm³/mol. The SMILES string of the molecule is CCCCCCCCCCCCCCCCC[n+]1ccn(CCCCCCCCCC)c1CCCCCCCCCC. The van der Waals surface area contributed by atoms with Gasteiger partial charge in [0, 0.05) is 6.42 Å². The summed E-state index contributed by atoms with van der Waals surface area (Å²) in [6.45, 7) is 9.40. The molecule has 42 heavy (non-hydrogen) atoms. The summed E-state index contributed by atoms with van der Waals surface area (Å²) in [5.74, 6) is 1.62. The molecule has 1 rings (SSSR count). The first-order valence-corrected chi connectivity index (χ1v) is 19.9. The van der Waals surface area contributed by atoms with Crippen LogP contribution in [0.3, 0.4) is 0 Å². The van der Waals surface area contributed by atoms with Gasteiger partial charge in [0.2, 0.25) is 0 Å². The second-order valence-electron chi connectivity index (χ2n) is 13.8. The van der Waals surface area contributed by atoms with E-state index in [2.05, 4.69) is 42.3 Å². The van der Waals surface area contributed by atoms with Gasteiger partial charge in [-0.15, -0.1) is 0 Å². The Morgan fingerprint density at radius 1 is 0.405 bits per heavy atom. The van der Waals surface area contributed by atoms with Gasteiger partial charge >= 0.3 is 0 Å². The van der Waals surface area contributed by atoms with Crippen molar-refractivity contribution in [3.05, 3.63) is 18.2 Å². The third kappa shape index (κ3) is 23.6. The van der Waals surface area contributed by atoms with Gasteiger partial charge in [-0.3, -0.25) is 0 Å². The lowest BCUT2D eigenvalue weighted by Crippen LogP contribution is -2.37. The van der Waals surface area contributed by atoms with E-state index in [1.807, 2.05) is 0 Å². The summed E-state index contributed by atoms with van der Waals surface area (Å²) < 4.78 is 5.26. The van der Waals surface area contributed by atoms with Gasteiger partial charge in [0.25, 0.3) is 5.82 Å². The minimum Gasteiger partial charge on any atom is -0.234 e. The van der Waals surface area contributed by atoms with Gasteiger partial charge in [-0.05, 0) is 32.1 Å². The lowest BCUT2D eigenvalue weighted by molar-refractivity contribution is -0.704. The number of nitrogens with zero attached hydrogens (tertiary/aromatic N) is 2. The summed E-state index contributed by atoms with van der Waals surface area (Å²) in [5.41, 5.74) is 0. The summed E-state index contributed by atoms with van der Waals surface area (Å²) in [5, 5.41) is 0. The van der Waals surface area contributed by atoms with Crippen LogP contribution in [0.1, 0.15) is 226 Å². The number of imidazole rings is 1. The van der Waals surface area contributed by atoms with Crippen molar-refractivity contribution in [2.75, 3.05) is 0 Å². The Labute approximate surface area is 266 Å². The van der Waals surface area contributed by atoms with Crippen molar-refractivity contribution in [3.8, 4) is 0 Å². The highest BCUT2D eigenvalue weighted by molar-refractivity contribution is 4.84. The fourth-order valence-corrected chi connectivity index (χ4v) is 6.68. The van der Waals surface area contributed by atoms with Crippen LogP contribution < -0.4 is 4.57 Å². The van der Waals surface area contributed by atoms with Crippen LogP contribution in [0.25, 0.3) is 0 Å². The fraction of sp³-hybridized carbons (Fsp3) is 0.925. The molecule has 0 spiro atoms. The first-order chi connectivity index (χ1) is 20.8. The molecule has 1 aromatic rings. The molecule has 0 unspecified atom stereocenters. The summed E-state index contributed by atoms with van der Waals surface area (Å²) in [7, 11) is 0. The Morgan fingerprint density at radius 2 is 0.738 bits per heavy atom. The second kappa shape index (κ2) is 31.6. The van der Waals surface area contributed by atoms with Crippen LogP contribution in [-0.4, -0.2) is 4.57 Å². The first kappa shape index (κ1) is 39.2. The van der Waals surface area contributed by atoms with Crippen LogP contribution >= 0.6 is 0 Å². The zero-order chi connectivity index (χ0) is 30.2. The molecule has 1 heterocycles. The van der Waals surface area contributed by atoms with Crippen LogP contribution in [0.15, 0.2) is 12.4 Å². The molecule has 2 heteroatoms. The number of unbranched alkanes of at least 4 members (excludes halogenated alkanes) is 28. The molecule has 0 fully saturated rings. The van der Waals surface area contributed by atoms with Crippen molar-refractivity contribution >= 4 is 0 Å². The van der Waals surface area contributed by atoms with Gasteiger partial charge in [-0.25, -0.2) is 9.13 Å². The van der Waals surface area contributed by atoms with Crippen molar-refractivity contribution in [2.24, 2.45) is 0 Å². The van der Waals surface area contributed by atoms with Gasteiger partial charge in [0.1, 0.15) is 12.4 Å². The zero-order valence-electron chi connectivity index (χ0n) is 29.6. The van der Waals surface area contributed by atoms with Gasteiger partial charge in [0.15, 0.2) is 0 Å². The van der Waals surface area contributed by atoms with E-state index >= 15 is 0 Å². The molecule has 0 aliphatic heterocycles. The quantitative estimate of drug-likeness (QED) is 0.0560. The number of aryl methyl sites for hydroxylation is 2. The molecule has 0 aliphatic rings. The molecule has 0 amide bonds. The highest BCUT2D eigenvalue weighted by Crippen LogP contribution is 2.15. The molecule has 0 radical (unpaired) electrons. The molecule has 2 nitrogen and oxygen atoms in total. The highest BCUT2D eigenvalue weighted by Gasteiger charge is 2.16. The minimum atomic E-state index is 1.23. The average molecular weight is 588 g/mol. The third-order valence-corrected chi connectivity index (χ3v) is 9.60. The normalized spacial score (nSPS) is 11.6. The first-order valence-electron chi connectivity index (χ1n) is 19.9. The lowest BCUT2D eigenvalue weighted by Gasteiger charge is -2.07. The molecule has 0 bridgehead atoms. The maximum Gasteiger partial charge on any atom is 0.256 e. The van der Waals surface area contributed by atoms with E-state index in [1.54, 1.807) is 5.82 Å². The minimum absolute atomic E-state index is 1.23. The molecule has 0 aromatic carbocycles. The Balaban J connectivity index is 2.24. The Bertz CT molecular complexity index is 648. The lowest BCUT2D eigenvalue weighted by atomic mass is 10.0. The Kier molecular flexibility index (Phi) is 29.5. The predicted octanol–water partition coefficient (Wildman–Crippen LogP) is 13.5. The van der Waals surface area contributed by atoms with E-state index in [4.69, 9.17) is 0 Å². The summed E-state index contributed by atoms with van der Waals surface area (Å²) >= 11 is 0. The van der Waals surface area contributed by atoms with E-state index in [9.17, 15) is 0 Å². The number of rotatable bonds is 34. The number of aromatic nitrogens is 2. The molecule has 0 atom stereocenters. The topological polar surface area (TPSA) is 8.81 Å². The molecule has 0 saturated carbocycles. The average Bonchev–Trinajstić information content (AvgIpc) is 3.38. The Morgan fingerprint density at radius 3 is 1.14 bits per heavy atom. The summed E-state index contributed by atoms with van der Waals surface area (Å²) in [4.78, 5) is 0. The summed E-state index contributed by atoms with van der Waals surface area (Å²) in [6.07, 6.45) is 50.4. The Hall–Kier alpha value is -0.790. The maximum absolute atomic E-state index is 2.63. The summed E-state index contributed by atoms with van der Waals surface area (Å²) in [6, 6.07) is 0. The van der Waals surface area contributed by atoms with E-state index in [1.165, 1.54) is 219 Å². The fourth-order valence-electron chi connectivity index (χ4n) is 6.68. The van der Waals surface area contributed by atoms with Crippen molar-refractivity contribution in [1.29, 1.82) is 0 Å². The largest absolute Gasteiger partial charge is 0.256 e. The number of hydrogen-bond donors (Lipinski definition) is 0. The highest BCUT2D eigenvalue weighted by atomic mass is 15.1. The molecular formula is C40H79N2+. The van der Waals surface area contributed by atoms with Crippen LogP contribution in [0.2, 0.25) is 0 Å². The van der Waals surface area contributed by atoms with Crippen LogP contribution in [-0.2, 0) is 19.5 Å². The van der Waals surface area contributed by atoms with Crippen LogP contribution in [0.4, 0.5) is 0 Å². The van der Waals surface area contributed by atoms with Crippen LogP contribution in [0.5, 0.6) is 0 Å². The van der Waals surface area contributed by atoms with Gasteiger partial charge in [0.05, 0.1) is 13.1 Å². The van der Waals surface area contributed by atoms with Crippen molar-refractivity contribution in [2.45, 2.75) is 239 Å². The second-order valence-corrected chi connectivity index (χ2v) is 13.8. The van der Waals surface area contributed by atoms with Gasteiger partial charge in [-0.2, -0.15) is 0 Å². The molecule has 1 aromatic heterocycles. The monoisotopic (exact) mass is 588 g/mol.